The molecule has 0 unspecified atom stereocenters. The first-order valence-electron chi connectivity index (χ1n) is 13.7. The summed E-state index contributed by atoms with van der Waals surface area (Å²) in [6.07, 6.45) is 0.894. The summed E-state index contributed by atoms with van der Waals surface area (Å²) < 4.78 is 14.5. The van der Waals surface area contributed by atoms with Crippen molar-refractivity contribution in [2.45, 2.75) is 51.2 Å². The second kappa shape index (κ2) is 11.6. The van der Waals surface area contributed by atoms with Crippen LogP contribution in [0.25, 0.3) is 0 Å². The van der Waals surface area contributed by atoms with E-state index in [4.69, 9.17) is 23.2 Å². The fraction of sp³-hybridized carbons (Fsp3) is 0.607. The molecule has 3 aliphatic rings. The Bertz CT molecular complexity index is 1150. The number of alkyl halides is 1. The highest BCUT2D eigenvalue weighted by Crippen LogP contribution is 2.44. The number of piperazine rings is 2. The number of carbonyl (C=O) groups is 1. The van der Waals surface area contributed by atoms with Crippen LogP contribution >= 0.6 is 23.2 Å². The lowest BCUT2D eigenvalue weighted by atomic mass is 9.96. The molecule has 0 saturated carbocycles. The maximum atomic E-state index is 14.5. The Balaban J connectivity index is 1.30. The van der Waals surface area contributed by atoms with Gasteiger partial charge >= 0.3 is 0 Å². The monoisotopic (exact) mass is 562 g/mol. The minimum absolute atomic E-state index is 0.0889. The highest BCUT2D eigenvalue weighted by Gasteiger charge is 2.36. The van der Waals surface area contributed by atoms with Crippen molar-refractivity contribution in [3.05, 3.63) is 51.4 Å². The first kappa shape index (κ1) is 27.6. The largest absolute Gasteiger partial charge is 0.353 e. The van der Waals surface area contributed by atoms with Crippen molar-refractivity contribution < 1.29 is 9.18 Å². The van der Waals surface area contributed by atoms with Crippen LogP contribution in [0.1, 0.15) is 62.0 Å². The maximum absolute atomic E-state index is 14.5. The van der Waals surface area contributed by atoms with E-state index < -0.39 is 6.17 Å². The van der Waals surface area contributed by atoms with Gasteiger partial charge in [-0.25, -0.2) is 14.4 Å². The predicted octanol–water partition coefficient (Wildman–Crippen LogP) is 4.76. The van der Waals surface area contributed by atoms with Crippen molar-refractivity contribution in [2.24, 2.45) is 0 Å². The zero-order chi connectivity index (χ0) is 27.0. The van der Waals surface area contributed by atoms with Gasteiger partial charge in [-0.3, -0.25) is 14.6 Å². The van der Waals surface area contributed by atoms with Crippen LogP contribution in [0.4, 0.5) is 10.2 Å². The Hall–Kier alpha value is -2.00. The summed E-state index contributed by atoms with van der Waals surface area (Å²) in [5.41, 5.74) is 2.35. The van der Waals surface area contributed by atoms with Gasteiger partial charge in [0.25, 0.3) is 0 Å². The lowest BCUT2D eigenvalue weighted by Gasteiger charge is -2.40. The molecule has 3 heterocycles. The van der Waals surface area contributed by atoms with Crippen LogP contribution in [0.15, 0.2) is 24.5 Å². The number of halogens is 3. The minimum Gasteiger partial charge on any atom is -0.353 e. The van der Waals surface area contributed by atoms with Gasteiger partial charge in [0.15, 0.2) is 0 Å². The first-order valence-corrected chi connectivity index (χ1v) is 14.4. The standard InChI is InChI=1S/C28H37Cl2FN6O/c1-18(2)35-8-6-34(7-9-35)16-21(20-4-5-22(29)23(30)15-20)28(38)37-12-10-36(11-13-37)27-25-19(3)14-24(31)26(25)32-17-33-27/h4-5,15,17-19,21,24H,6-14,16H2,1-3H3/t19-,21-,24-/m1/s1. The molecular formula is C28H37Cl2FN6O. The van der Waals surface area contributed by atoms with Crippen molar-refractivity contribution in [1.29, 1.82) is 0 Å². The van der Waals surface area contributed by atoms with Gasteiger partial charge in [0.2, 0.25) is 5.91 Å². The summed E-state index contributed by atoms with van der Waals surface area (Å²) in [6, 6.07) is 6.07. The lowest BCUT2D eigenvalue weighted by Crippen LogP contribution is -2.53. The Morgan fingerprint density at radius 3 is 2.39 bits per heavy atom. The van der Waals surface area contributed by atoms with Gasteiger partial charge in [0.05, 0.1) is 21.7 Å². The Labute approximate surface area is 234 Å². The molecule has 0 radical (unpaired) electrons. The van der Waals surface area contributed by atoms with Gasteiger partial charge in [-0.05, 0) is 43.9 Å². The zero-order valence-corrected chi connectivity index (χ0v) is 23.9. The van der Waals surface area contributed by atoms with E-state index in [1.807, 2.05) is 24.0 Å². The average molecular weight is 564 g/mol. The summed E-state index contributed by atoms with van der Waals surface area (Å²) in [5, 5.41) is 0.956. The van der Waals surface area contributed by atoms with Crippen LogP contribution in [-0.4, -0.2) is 95.5 Å². The molecule has 2 aromatic rings. The van der Waals surface area contributed by atoms with Crippen LogP contribution in [0.3, 0.4) is 0 Å². The first-order chi connectivity index (χ1) is 18.2. The topological polar surface area (TPSA) is 55.8 Å². The number of amides is 1. The van der Waals surface area contributed by atoms with Crippen LogP contribution in [0.5, 0.6) is 0 Å². The molecule has 0 N–H and O–H groups in total. The molecule has 38 heavy (non-hydrogen) atoms. The molecule has 0 spiro atoms. The molecule has 0 bridgehead atoms. The van der Waals surface area contributed by atoms with Gasteiger partial charge in [-0.1, -0.05) is 36.2 Å². The molecule has 7 nitrogen and oxygen atoms in total. The number of hydrogen-bond donors (Lipinski definition) is 0. The number of carbonyl (C=O) groups excluding carboxylic acids is 1. The van der Waals surface area contributed by atoms with Crippen LogP contribution in [0.2, 0.25) is 10.0 Å². The third-order valence-electron chi connectivity index (χ3n) is 8.36. The van der Waals surface area contributed by atoms with E-state index in [1.54, 1.807) is 6.07 Å². The van der Waals surface area contributed by atoms with Gasteiger partial charge in [0.1, 0.15) is 18.3 Å². The van der Waals surface area contributed by atoms with Gasteiger partial charge in [-0.15, -0.1) is 0 Å². The van der Waals surface area contributed by atoms with E-state index in [0.29, 0.717) is 60.9 Å². The summed E-state index contributed by atoms with van der Waals surface area (Å²) in [4.78, 5) is 31.7. The predicted molar refractivity (Wildman–Crippen MR) is 150 cm³/mol. The minimum atomic E-state index is -1.03. The molecule has 2 aliphatic heterocycles. The third-order valence-corrected chi connectivity index (χ3v) is 9.10. The fourth-order valence-corrected chi connectivity index (χ4v) is 6.35. The van der Waals surface area contributed by atoms with E-state index in [2.05, 4.69) is 38.5 Å². The Morgan fingerprint density at radius 1 is 1.03 bits per heavy atom. The Morgan fingerprint density at radius 2 is 1.74 bits per heavy atom. The van der Waals surface area contributed by atoms with Crippen molar-refractivity contribution in [3.63, 3.8) is 0 Å². The number of hydrogen-bond acceptors (Lipinski definition) is 6. The number of fused-ring (bicyclic) bond motifs is 1. The SMILES string of the molecule is CC(C)N1CCN(C[C@@H](C(=O)N2CCN(c3ncnc4c3[C@H](C)C[C@H]4F)CC2)c2ccc(Cl)c(Cl)c2)CC1. The molecular weight excluding hydrogens is 526 g/mol. The summed E-state index contributed by atoms with van der Waals surface area (Å²) in [5.74, 6) is 0.696. The van der Waals surface area contributed by atoms with Gasteiger partial charge < -0.3 is 9.80 Å². The van der Waals surface area contributed by atoms with Crippen molar-refractivity contribution in [3.8, 4) is 0 Å². The number of benzene rings is 1. The molecule has 5 rings (SSSR count). The highest BCUT2D eigenvalue weighted by atomic mass is 35.5. The molecule has 1 aromatic carbocycles. The fourth-order valence-electron chi connectivity index (χ4n) is 6.05. The van der Waals surface area contributed by atoms with Gasteiger partial charge in [0, 0.05) is 70.5 Å². The number of rotatable bonds is 6. The third kappa shape index (κ3) is 5.64. The quantitative estimate of drug-likeness (QED) is 0.506. The van der Waals surface area contributed by atoms with E-state index in [1.165, 1.54) is 6.33 Å². The molecule has 3 atom stereocenters. The van der Waals surface area contributed by atoms with E-state index >= 15 is 0 Å². The number of anilines is 1. The smallest absolute Gasteiger partial charge is 0.231 e. The van der Waals surface area contributed by atoms with Crippen molar-refractivity contribution >= 4 is 34.9 Å². The summed E-state index contributed by atoms with van der Waals surface area (Å²) in [6.45, 7) is 13.5. The van der Waals surface area contributed by atoms with Crippen molar-refractivity contribution in [2.75, 3.05) is 63.8 Å². The zero-order valence-electron chi connectivity index (χ0n) is 22.4. The normalized spacial score (nSPS) is 23.7. The lowest BCUT2D eigenvalue weighted by molar-refractivity contribution is -0.133. The molecule has 2 fully saturated rings. The number of aromatic nitrogens is 2. The molecule has 1 amide bonds. The molecule has 1 aromatic heterocycles. The molecule has 2 saturated heterocycles. The second-order valence-electron chi connectivity index (χ2n) is 11.1. The van der Waals surface area contributed by atoms with Crippen LogP contribution in [-0.2, 0) is 4.79 Å². The number of nitrogens with zero attached hydrogens (tertiary/aromatic N) is 6. The summed E-state index contributed by atoms with van der Waals surface area (Å²) >= 11 is 12.6. The van der Waals surface area contributed by atoms with Crippen molar-refractivity contribution in [1.82, 2.24) is 24.7 Å². The Kier molecular flexibility index (Phi) is 8.43. The maximum Gasteiger partial charge on any atom is 0.231 e. The van der Waals surface area contributed by atoms with E-state index in [-0.39, 0.29) is 17.7 Å². The van der Waals surface area contributed by atoms with Crippen LogP contribution < -0.4 is 4.90 Å². The molecule has 206 valence electrons. The van der Waals surface area contributed by atoms with E-state index in [0.717, 1.165) is 43.1 Å². The average Bonchev–Trinajstić information content (AvgIpc) is 3.22. The molecule has 1 aliphatic carbocycles. The van der Waals surface area contributed by atoms with Gasteiger partial charge in [-0.2, -0.15) is 0 Å². The second-order valence-corrected chi connectivity index (χ2v) is 11.9. The highest BCUT2D eigenvalue weighted by molar-refractivity contribution is 6.42. The van der Waals surface area contributed by atoms with E-state index in [9.17, 15) is 9.18 Å². The molecule has 10 heteroatoms. The van der Waals surface area contributed by atoms with Crippen LogP contribution in [0, 0.1) is 0 Å². The summed E-state index contributed by atoms with van der Waals surface area (Å²) in [7, 11) is 0.